The fraction of sp³-hybridized carbons (Fsp3) is 0.750. The average Bonchev–Trinajstić information content (AvgIpc) is 3.18. The summed E-state index contributed by atoms with van der Waals surface area (Å²) < 4.78 is 23.3. The molecule has 2 heterocycles. The Morgan fingerprint density at radius 1 is 1.48 bits per heavy atom. The molecule has 25 heavy (non-hydrogen) atoms. The van der Waals surface area contributed by atoms with Gasteiger partial charge in [0, 0.05) is 23.1 Å². The lowest BCUT2D eigenvalue weighted by Gasteiger charge is -2.12. The van der Waals surface area contributed by atoms with Gasteiger partial charge in [0.1, 0.15) is 16.1 Å². The molecule has 142 valence electrons. The molecule has 0 spiro atoms. The summed E-state index contributed by atoms with van der Waals surface area (Å²) in [4.78, 5) is 11.4. The number of amidine groups is 1. The van der Waals surface area contributed by atoms with Gasteiger partial charge in [0.15, 0.2) is 9.84 Å². The standard InChI is InChI=1S/C16H28N4O2S3/c1-3-14(25(2,21)22)16(17)18-6-9-23-11-13-12-24-15(19-13)10-20-7-4-5-8-20/h12,14H,3-11H2,1-2H3,(H2,17,18). The first kappa shape index (κ1) is 20.7. The van der Waals surface area contributed by atoms with Crippen molar-refractivity contribution in [2.24, 2.45) is 10.7 Å². The second-order valence-corrected chi connectivity index (χ2v) is 10.6. The molecule has 6 nitrogen and oxygen atoms in total. The first-order chi connectivity index (χ1) is 11.9. The molecule has 0 aromatic carbocycles. The zero-order chi connectivity index (χ0) is 18.3. The van der Waals surface area contributed by atoms with E-state index in [1.807, 2.05) is 6.92 Å². The monoisotopic (exact) mass is 404 g/mol. The maximum absolute atomic E-state index is 11.6. The molecule has 1 atom stereocenters. The molecule has 0 radical (unpaired) electrons. The zero-order valence-corrected chi connectivity index (χ0v) is 17.4. The molecule has 1 aromatic rings. The number of thiazole rings is 1. The van der Waals surface area contributed by atoms with Crippen molar-refractivity contribution < 1.29 is 8.42 Å². The van der Waals surface area contributed by atoms with Gasteiger partial charge in [-0.2, -0.15) is 11.8 Å². The van der Waals surface area contributed by atoms with Crippen LogP contribution in [-0.2, 0) is 22.1 Å². The highest BCUT2D eigenvalue weighted by Crippen LogP contribution is 2.19. The Kier molecular flexibility index (Phi) is 8.18. The highest BCUT2D eigenvalue weighted by atomic mass is 32.2. The third kappa shape index (κ3) is 6.88. The minimum atomic E-state index is -3.18. The van der Waals surface area contributed by atoms with E-state index in [4.69, 9.17) is 10.7 Å². The lowest BCUT2D eigenvalue weighted by Crippen LogP contribution is -2.35. The van der Waals surface area contributed by atoms with E-state index in [0.29, 0.717) is 13.0 Å². The van der Waals surface area contributed by atoms with E-state index in [1.165, 1.54) is 37.2 Å². The van der Waals surface area contributed by atoms with Gasteiger partial charge in [0.05, 0.1) is 18.8 Å². The van der Waals surface area contributed by atoms with Gasteiger partial charge in [-0.05, 0) is 32.4 Å². The number of thioether (sulfide) groups is 1. The average molecular weight is 405 g/mol. The Bertz CT molecular complexity index is 667. The highest BCUT2D eigenvalue weighted by Gasteiger charge is 2.22. The lowest BCUT2D eigenvalue weighted by molar-refractivity contribution is 0.330. The molecule has 0 amide bonds. The van der Waals surface area contributed by atoms with E-state index in [-0.39, 0.29) is 5.84 Å². The summed E-state index contributed by atoms with van der Waals surface area (Å²) in [6, 6.07) is 0. The van der Waals surface area contributed by atoms with Crippen LogP contribution >= 0.6 is 23.1 Å². The summed E-state index contributed by atoms with van der Waals surface area (Å²) in [7, 11) is -3.18. The van der Waals surface area contributed by atoms with Crippen LogP contribution < -0.4 is 5.73 Å². The van der Waals surface area contributed by atoms with Gasteiger partial charge in [-0.3, -0.25) is 9.89 Å². The molecule has 2 rings (SSSR count). The summed E-state index contributed by atoms with van der Waals surface area (Å²) in [5.41, 5.74) is 6.95. The molecular formula is C16H28N4O2S3. The van der Waals surface area contributed by atoms with E-state index in [0.717, 1.165) is 23.7 Å². The van der Waals surface area contributed by atoms with Crippen molar-refractivity contribution in [3.63, 3.8) is 0 Å². The van der Waals surface area contributed by atoms with Crippen molar-refractivity contribution in [2.75, 3.05) is 31.6 Å². The largest absolute Gasteiger partial charge is 0.386 e. The quantitative estimate of drug-likeness (QED) is 0.365. The number of nitrogens with two attached hydrogens (primary N) is 1. The van der Waals surface area contributed by atoms with Gasteiger partial charge in [-0.25, -0.2) is 13.4 Å². The summed E-state index contributed by atoms with van der Waals surface area (Å²) >= 11 is 3.48. The third-order valence-corrected chi connectivity index (χ3v) is 7.62. The van der Waals surface area contributed by atoms with E-state index < -0.39 is 15.1 Å². The second-order valence-electron chi connectivity index (χ2n) is 6.30. The highest BCUT2D eigenvalue weighted by molar-refractivity contribution is 7.98. The molecule has 1 aromatic heterocycles. The van der Waals surface area contributed by atoms with Crippen LogP contribution in [0.15, 0.2) is 10.4 Å². The second kappa shape index (κ2) is 9.89. The first-order valence-electron chi connectivity index (χ1n) is 8.62. The van der Waals surface area contributed by atoms with Crippen LogP contribution in [0.2, 0.25) is 0 Å². The van der Waals surface area contributed by atoms with Gasteiger partial charge >= 0.3 is 0 Å². The van der Waals surface area contributed by atoms with Crippen LogP contribution in [0.3, 0.4) is 0 Å². The third-order valence-electron chi connectivity index (χ3n) is 4.15. The minimum absolute atomic E-state index is 0.229. The van der Waals surface area contributed by atoms with Gasteiger partial charge in [-0.1, -0.05) is 6.92 Å². The number of aromatic nitrogens is 1. The van der Waals surface area contributed by atoms with E-state index >= 15 is 0 Å². The van der Waals surface area contributed by atoms with Crippen LogP contribution in [-0.4, -0.2) is 61.0 Å². The zero-order valence-electron chi connectivity index (χ0n) is 15.0. The van der Waals surface area contributed by atoms with Crippen molar-refractivity contribution in [3.05, 3.63) is 16.1 Å². The van der Waals surface area contributed by atoms with Crippen LogP contribution in [0.5, 0.6) is 0 Å². The summed E-state index contributed by atoms with van der Waals surface area (Å²) in [5, 5.41) is 2.66. The molecule has 1 aliphatic rings. The fourth-order valence-electron chi connectivity index (χ4n) is 2.87. The number of likely N-dealkylation sites (tertiary alicyclic amines) is 1. The maximum Gasteiger partial charge on any atom is 0.157 e. The molecule has 1 fully saturated rings. The summed E-state index contributed by atoms with van der Waals surface area (Å²) in [6.07, 6.45) is 4.27. The molecule has 1 saturated heterocycles. The molecular weight excluding hydrogens is 376 g/mol. The van der Waals surface area contributed by atoms with Crippen molar-refractivity contribution in [1.29, 1.82) is 0 Å². The summed E-state index contributed by atoms with van der Waals surface area (Å²) in [6.45, 7) is 5.70. The lowest BCUT2D eigenvalue weighted by atomic mass is 10.3. The number of aliphatic imine (C=N–C) groups is 1. The number of hydrogen-bond acceptors (Lipinski definition) is 7. The van der Waals surface area contributed by atoms with Gasteiger partial charge in [0.2, 0.25) is 0 Å². The van der Waals surface area contributed by atoms with Gasteiger partial charge in [-0.15, -0.1) is 11.3 Å². The predicted molar refractivity (Wildman–Crippen MR) is 108 cm³/mol. The first-order valence-corrected chi connectivity index (χ1v) is 12.6. The number of nitrogens with zero attached hydrogens (tertiary/aromatic N) is 3. The molecule has 1 aliphatic heterocycles. The molecule has 0 bridgehead atoms. The molecule has 0 aliphatic carbocycles. The maximum atomic E-state index is 11.6. The van der Waals surface area contributed by atoms with Gasteiger partial charge in [0.25, 0.3) is 0 Å². The molecule has 0 saturated carbocycles. The van der Waals surface area contributed by atoms with Gasteiger partial charge < -0.3 is 5.73 Å². The summed E-state index contributed by atoms with van der Waals surface area (Å²) in [5.74, 6) is 1.89. The number of rotatable bonds is 10. The van der Waals surface area contributed by atoms with Crippen molar-refractivity contribution >= 4 is 38.8 Å². The Morgan fingerprint density at radius 3 is 2.84 bits per heavy atom. The SMILES string of the molecule is CCC(C(N)=NCCSCc1csc(CN2CCCC2)n1)S(C)(=O)=O. The van der Waals surface area contributed by atoms with Crippen molar-refractivity contribution in [2.45, 2.75) is 43.7 Å². The topological polar surface area (TPSA) is 88.7 Å². The minimum Gasteiger partial charge on any atom is -0.386 e. The van der Waals surface area contributed by atoms with Crippen LogP contribution in [0.1, 0.15) is 36.9 Å². The molecule has 9 heteroatoms. The smallest absolute Gasteiger partial charge is 0.157 e. The van der Waals surface area contributed by atoms with Crippen LogP contribution in [0, 0.1) is 0 Å². The Labute approximate surface area is 159 Å². The molecule has 1 unspecified atom stereocenters. The number of hydrogen-bond donors (Lipinski definition) is 1. The Hall–Kier alpha value is -0.640. The Morgan fingerprint density at radius 2 is 2.20 bits per heavy atom. The van der Waals surface area contributed by atoms with E-state index in [1.54, 1.807) is 23.1 Å². The van der Waals surface area contributed by atoms with Crippen molar-refractivity contribution in [1.82, 2.24) is 9.88 Å². The number of sulfone groups is 1. The predicted octanol–water partition coefficient (Wildman–Crippen LogP) is 2.15. The van der Waals surface area contributed by atoms with E-state index in [2.05, 4.69) is 15.3 Å². The van der Waals surface area contributed by atoms with Crippen LogP contribution in [0.4, 0.5) is 0 Å². The van der Waals surface area contributed by atoms with E-state index in [9.17, 15) is 8.42 Å². The Balaban J connectivity index is 1.70. The molecule has 2 N–H and O–H groups in total. The fourth-order valence-corrected chi connectivity index (χ4v) is 5.65. The van der Waals surface area contributed by atoms with Crippen molar-refractivity contribution in [3.8, 4) is 0 Å². The van der Waals surface area contributed by atoms with Crippen LogP contribution in [0.25, 0.3) is 0 Å². The normalized spacial score (nSPS) is 17.9.